The first-order valence-corrected chi connectivity index (χ1v) is 4.88. The summed E-state index contributed by atoms with van der Waals surface area (Å²) in [5, 5.41) is 12.5. The minimum absolute atomic E-state index is 0.128. The van der Waals surface area contributed by atoms with Crippen LogP contribution in [0.4, 0.5) is 0 Å². The lowest BCUT2D eigenvalue weighted by molar-refractivity contribution is 1.04. The van der Waals surface area contributed by atoms with Gasteiger partial charge in [0.2, 0.25) is 0 Å². The summed E-state index contributed by atoms with van der Waals surface area (Å²) in [4.78, 5) is 0. The second-order valence-corrected chi connectivity index (χ2v) is 3.29. The van der Waals surface area contributed by atoms with Gasteiger partial charge in [-0.3, -0.25) is 5.43 Å². The quantitative estimate of drug-likeness (QED) is 0.467. The van der Waals surface area contributed by atoms with Crippen molar-refractivity contribution in [2.24, 2.45) is 10.8 Å². The van der Waals surface area contributed by atoms with Crippen molar-refractivity contribution < 1.29 is 0 Å². The molecule has 0 aromatic heterocycles. The van der Waals surface area contributed by atoms with Gasteiger partial charge in [-0.1, -0.05) is 18.2 Å². The highest BCUT2D eigenvalue weighted by atomic mass is 32.1. The van der Waals surface area contributed by atoms with Crippen LogP contribution in [0, 0.1) is 11.3 Å². The minimum atomic E-state index is 0.128. The smallest absolute Gasteiger partial charge is 0.184 e. The van der Waals surface area contributed by atoms with Gasteiger partial charge in [0.1, 0.15) is 0 Å². The van der Waals surface area contributed by atoms with E-state index < -0.39 is 0 Å². The molecule has 1 rings (SSSR count). The number of nitrogens with one attached hydrogen (secondary N) is 1. The second-order valence-electron chi connectivity index (χ2n) is 2.85. The molecule has 3 N–H and O–H groups in total. The number of rotatable bonds is 3. The number of nitrogens with two attached hydrogens (primary N) is 1. The molecule has 5 heteroatoms. The molecule has 0 radical (unpaired) electrons. The Morgan fingerprint density at radius 3 is 2.69 bits per heavy atom. The maximum atomic E-state index is 8.61. The molecule has 0 bridgehead atoms. The Balaban J connectivity index is 2.53. The fourth-order valence-corrected chi connectivity index (χ4v) is 1.02. The van der Waals surface area contributed by atoms with Crippen molar-refractivity contribution >= 4 is 29.6 Å². The van der Waals surface area contributed by atoms with Crippen molar-refractivity contribution in [2.45, 2.75) is 0 Å². The number of hydrogen-bond acceptors (Lipinski definition) is 3. The standard InChI is InChI=1S/C11H10N4S/c12-8-10-5-3-9(4-6-10)2-1-7-14-15-11(13)16/h1-7H,(H3,13,15,16). The van der Waals surface area contributed by atoms with Crippen molar-refractivity contribution in [3.8, 4) is 6.07 Å². The molecule has 0 spiro atoms. The number of nitriles is 1. The number of allylic oxidation sites excluding steroid dienone is 1. The van der Waals surface area contributed by atoms with Crippen LogP contribution >= 0.6 is 12.2 Å². The average Bonchev–Trinajstić information content (AvgIpc) is 2.29. The molecule has 1 aromatic carbocycles. The van der Waals surface area contributed by atoms with Crippen LogP contribution in [0.2, 0.25) is 0 Å². The Labute approximate surface area is 99.1 Å². The predicted molar refractivity (Wildman–Crippen MR) is 68.6 cm³/mol. The Bertz CT molecular complexity index is 454. The minimum Gasteiger partial charge on any atom is -0.375 e. The van der Waals surface area contributed by atoms with Crippen LogP contribution < -0.4 is 11.2 Å². The summed E-state index contributed by atoms with van der Waals surface area (Å²) < 4.78 is 0. The molecule has 0 heterocycles. The fourth-order valence-electron chi connectivity index (χ4n) is 0.967. The maximum absolute atomic E-state index is 8.61. The summed E-state index contributed by atoms with van der Waals surface area (Å²) in [6.07, 6.45) is 5.13. The summed E-state index contributed by atoms with van der Waals surface area (Å²) in [7, 11) is 0. The van der Waals surface area contributed by atoms with E-state index in [1.54, 1.807) is 18.2 Å². The predicted octanol–water partition coefficient (Wildman–Crippen LogP) is 1.39. The molecule has 0 atom stereocenters. The molecule has 0 amide bonds. The molecule has 0 saturated carbocycles. The van der Waals surface area contributed by atoms with E-state index in [9.17, 15) is 0 Å². The molecule has 0 fully saturated rings. The van der Waals surface area contributed by atoms with Crippen molar-refractivity contribution in [1.29, 1.82) is 5.26 Å². The lowest BCUT2D eigenvalue weighted by Crippen LogP contribution is -2.23. The maximum Gasteiger partial charge on any atom is 0.184 e. The first-order chi connectivity index (χ1) is 7.72. The van der Waals surface area contributed by atoms with Crippen LogP contribution in [-0.2, 0) is 0 Å². The fraction of sp³-hybridized carbons (Fsp3) is 0. The van der Waals surface area contributed by atoms with Gasteiger partial charge in [0.05, 0.1) is 11.6 Å². The molecular weight excluding hydrogens is 220 g/mol. The lowest BCUT2D eigenvalue weighted by atomic mass is 10.1. The van der Waals surface area contributed by atoms with Crippen LogP contribution in [0.1, 0.15) is 11.1 Å². The Kier molecular flexibility index (Phi) is 4.70. The van der Waals surface area contributed by atoms with Gasteiger partial charge >= 0.3 is 0 Å². The van der Waals surface area contributed by atoms with Gasteiger partial charge < -0.3 is 5.73 Å². The third kappa shape index (κ3) is 4.35. The molecule has 0 aliphatic rings. The summed E-state index contributed by atoms with van der Waals surface area (Å²) >= 11 is 4.56. The number of hydrogen-bond donors (Lipinski definition) is 2. The van der Waals surface area contributed by atoms with E-state index in [1.807, 2.05) is 18.2 Å². The first kappa shape index (κ1) is 11.9. The van der Waals surface area contributed by atoms with E-state index in [0.717, 1.165) is 5.56 Å². The van der Waals surface area contributed by atoms with Crippen LogP contribution in [-0.4, -0.2) is 11.3 Å². The molecule has 4 nitrogen and oxygen atoms in total. The Morgan fingerprint density at radius 2 is 2.12 bits per heavy atom. The number of nitrogens with zero attached hydrogens (tertiary/aromatic N) is 2. The monoisotopic (exact) mass is 230 g/mol. The zero-order valence-corrected chi connectivity index (χ0v) is 9.24. The number of thiocarbonyl (C=S) groups is 1. The van der Waals surface area contributed by atoms with E-state index >= 15 is 0 Å². The molecule has 0 unspecified atom stereocenters. The second kappa shape index (κ2) is 6.32. The highest BCUT2D eigenvalue weighted by Crippen LogP contribution is 2.04. The lowest BCUT2D eigenvalue weighted by Gasteiger charge is -1.92. The molecule has 0 aliphatic heterocycles. The van der Waals surface area contributed by atoms with E-state index in [0.29, 0.717) is 5.56 Å². The third-order valence-electron chi connectivity index (χ3n) is 1.66. The van der Waals surface area contributed by atoms with Crippen LogP contribution in [0.5, 0.6) is 0 Å². The van der Waals surface area contributed by atoms with Gasteiger partial charge in [0, 0.05) is 6.21 Å². The Morgan fingerprint density at radius 1 is 1.44 bits per heavy atom. The zero-order valence-electron chi connectivity index (χ0n) is 8.42. The highest BCUT2D eigenvalue weighted by molar-refractivity contribution is 7.80. The normalized spacial score (nSPS) is 10.4. The molecule has 0 saturated heterocycles. The molecule has 80 valence electrons. The van der Waals surface area contributed by atoms with Gasteiger partial charge in [-0.25, -0.2) is 0 Å². The van der Waals surface area contributed by atoms with Crippen LogP contribution in [0.25, 0.3) is 6.08 Å². The third-order valence-corrected chi connectivity index (χ3v) is 1.76. The van der Waals surface area contributed by atoms with E-state index in [4.69, 9.17) is 11.0 Å². The summed E-state index contributed by atoms with van der Waals surface area (Å²) in [5.41, 5.74) is 9.23. The SMILES string of the molecule is N#Cc1ccc(C=CC=NNC(N)=S)cc1. The number of benzene rings is 1. The first-order valence-electron chi connectivity index (χ1n) is 4.47. The van der Waals surface area contributed by atoms with Gasteiger partial charge in [-0.15, -0.1) is 0 Å². The van der Waals surface area contributed by atoms with E-state index in [2.05, 4.69) is 28.8 Å². The van der Waals surface area contributed by atoms with Gasteiger partial charge in [-0.2, -0.15) is 10.4 Å². The Hall–Kier alpha value is -2.19. The average molecular weight is 230 g/mol. The van der Waals surface area contributed by atoms with Crippen LogP contribution in [0.3, 0.4) is 0 Å². The van der Waals surface area contributed by atoms with E-state index in [1.165, 1.54) is 6.21 Å². The van der Waals surface area contributed by atoms with E-state index in [-0.39, 0.29) is 5.11 Å². The van der Waals surface area contributed by atoms with Crippen molar-refractivity contribution in [3.63, 3.8) is 0 Å². The number of hydrazone groups is 1. The van der Waals surface area contributed by atoms with Gasteiger partial charge in [0.25, 0.3) is 0 Å². The van der Waals surface area contributed by atoms with Gasteiger partial charge in [0.15, 0.2) is 5.11 Å². The summed E-state index contributed by atoms with van der Waals surface area (Å²) in [5.74, 6) is 0. The molecule has 0 aliphatic carbocycles. The van der Waals surface area contributed by atoms with Crippen molar-refractivity contribution in [2.75, 3.05) is 0 Å². The zero-order chi connectivity index (χ0) is 11.8. The van der Waals surface area contributed by atoms with Gasteiger partial charge in [-0.05, 0) is 36.0 Å². The summed E-state index contributed by atoms with van der Waals surface area (Å²) in [6.45, 7) is 0. The topological polar surface area (TPSA) is 74.2 Å². The van der Waals surface area contributed by atoms with Crippen molar-refractivity contribution in [1.82, 2.24) is 5.43 Å². The molecule has 16 heavy (non-hydrogen) atoms. The summed E-state index contributed by atoms with van der Waals surface area (Å²) in [6, 6.07) is 9.26. The molecule has 1 aromatic rings. The molecular formula is C11H10N4S. The van der Waals surface area contributed by atoms with Crippen molar-refractivity contribution in [3.05, 3.63) is 41.5 Å². The van der Waals surface area contributed by atoms with Crippen LogP contribution in [0.15, 0.2) is 35.4 Å². The largest absolute Gasteiger partial charge is 0.375 e. The highest BCUT2D eigenvalue weighted by Gasteiger charge is 1.88.